The van der Waals surface area contributed by atoms with Crippen molar-refractivity contribution >= 4 is 11.7 Å². The van der Waals surface area contributed by atoms with Gasteiger partial charge in [0, 0.05) is 49.8 Å². The van der Waals surface area contributed by atoms with Gasteiger partial charge in [0.15, 0.2) is 0 Å². The predicted octanol–water partition coefficient (Wildman–Crippen LogP) is 5.13. The lowest BCUT2D eigenvalue weighted by molar-refractivity contribution is -0.137. The van der Waals surface area contributed by atoms with E-state index in [1.54, 1.807) is 17.4 Å². The smallest absolute Gasteiger partial charge is 0.347 e. The number of aromatic amines is 1. The maximum Gasteiger partial charge on any atom is 0.416 e. The number of carbonyl (C=O) groups is 1. The number of H-pyrrole nitrogens is 1. The Morgan fingerprint density at radius 2 is 1.88 bits per heavy atom. The van der Waals surface area contributed by atoms with Gasteiger partial charge in [-0.25, -0.2) is 9.78 Å². The number of halogens is 3. The van der Waals surface area contributed by atoms with Gasteiger partial charge in [-0.15, -0.1) is 0 Å². The van der Waals surface area contributed by atoms with Crippen molar-refractivity contribution in [3.63, 3.8) is 0 Å². The highest BCUT2D eigenvalue weighted by Crippen LogP contribution is 2.31. The lowest BCUT2D eigenvalue weighted by atomic mass is 10.0. The molecule has 174 valence electrons. The normalized spacial score (nSPS) is 15.4. The van der Waals surface area contributed by atoms with Crippen LogP contribution in [0.3, 0.4) is 0 Å². The molecule has 2 heterocycles. The maximum absolute atomic E-state index is 13.2. The molecule has 33 heavy (non-hydrogen) atoms. The molecule has 9 heteroatoms. The van der Waals surface area contributed by atoms with Crippen molar-refractivity contribution in [2.24, 2.45) is 0 Å². The highest BCUT2D eigenvalue weighted by Gasteiger charge is 2.31. The topological polar surface area (TPSA) is 64.3 Å². The minimum absolute atomic E-state index is 0.0194. The fraction of sp³-hybridized carbons (Fsp3) is 0.333. The number of amides is 2. The lowest BCUT2D eigenvalue weighted by Gasteiger charge is -2.38. The van der Waals surface area contributed by atoms with Crippen LogP contribution in [0.15, 0.2) is 67.1 Å². The summed E-state index contributed by atoms with van der Waals surface area (Å²) in [5.41, 5.74) is 1.35. The molecule has 1 aliphatic heterocycles. The molecule has 2 amide bonds. The van der Waals surface area contributed by atoms with Crippen LogP contribution in [0.4, 0.5) is 23.7 Å². The van der Waals surface area contributed by atoms with Gasteiger partial charge in [0.1, 0.15) is 0 Å². The third-order valence-electron chi connectivity index (χ3n) is 5.84. The molecule has 3 aromatic rings. The molecule has 2 N–H and O–H groups in total. The van der Waals surface area contributed by atoms with Gasteiger partial charge in [0.25, 0.3) is 0 Å². The Morgan fingerprint density at radius 3 is 2.55 bits per heavy atom. The van der Waals surface area contributed by atoms with Crippen LogP contribution in [0.5, 0.6) is 0 Å². The number of anilines is 1. The van der Waals surface area contributed by atoms with Crippen LogP contribution in [-0.2, 0) is 19.3 Å². The Kier molecular flexibility index (Phi) is 6.98. The van der Waals surface area contributed by atoms with Crippen molar-refractivity contribution in [1.29, 1.82) is 0 Å². The van der Waals surface area contributed by atoms with E-state index in [1.807, 2.05) is 30.3 Å². The molecule has 0 saturated carbocycles. The van der Waals surface area contributed by atoms with Gasteiger partial charge in [-0.1, -0.05) is 36.4 Å². The van der Waals surface area contributed by atoms with E-state index in [-0.39, 0.29) is 11.7 Å². The fourth-order valence-corrected chi connectivity index (χ4v) is 4.12. The zero-order valence-electron chi connectivity index (χ0n) is 18.1. The molecule has 0 aliphatic carbocycles. The Bertz CT molecular complexity index is 1030. The summed E-state index contributed by atoms with van der Waals surface area (Å²) < 4.78 is 39.2. The van der Waals surface area contributed by atoms with Gasteiger partial charge in [-0.3, -0.25) is 4.90 Å². The number of carbonyl (C=O) groups excluding carboxylic acids is 1. The first-order valence-electron chi connectivity index (χ1n) is 10.9. The van der Waals surface area contributed by atoms with Crippen LogP contribution in [0.25, 0.3) is 0 Å². The number of hydrogen-bond donors (Lipinski definition) is 2. The molecule has 4 rings (SSSR count). The van der Waals surface area contributed by atoms with Gasteiger partial charge in [-0.05, 0) is 36.6 Å². The second kappa shape index (κ2) is 10.1. The summed E-state index contributed by atoms with van der Waals surface area (Å²) in [5, 5.41) is 2.68. The Balaban J connectivity index is 1.46. The van der Waals surface area contributed by atoms with Crippen molar-refractivity contribution < 1.29 is 18.0 Å². The Labute approximate surface area is 190 Å². The summed E-state index contributed by atoms with van der Waals surface area (Å²) >= 11 is 0. The zero-order valence-corrected chi connectivity index (χ0v) is 18.1. The maximum atomic E-state index is 13.2. The number of rotatable bonds is 6. The lowest BCUT2D eigenvalue weighted by Crippen LogP contribution is -2.48. The number of nitrogens with zero attached hydrogens (tertiary/aromatic N) is 3. The van der Waals surface area contributed by atoms with Crippen molar-refractivity contribution in [2.75, 3.05) is 18.4 Å². The van der Waals surface area contributed by atoms with Crippen LogP contribution in [-0.4, -0.2) is 44.9 Å². The average molecular weight is 458 g/mol. The highest BCUT2D eigenvalue weighted by molar-refractivity contribution is 5.89. The summed E-state index contributed by atoms with van der Waals surface area (Å²) in [5.74, 6) is 0. The number of aromatic nitrogens is 2. The molecule has 0 atom stereocenters. The van der Waals surface area contributed by atoms with Crippen molar-refractivity contribution in [3.05, 3.63) is 83.9 Å². The quantitative estimate of drug-likeness (QED) is 0.540. The molecule has 1 fully saturated rings. The third kappa shape index (κ3) is 6.13. The van der Waals surface area contributed by atoms with Crippen LogP contribution >= 0.6 is 0 Å². The molecule has 2 aromatic carbocycles. The molecular weight excluding hydrogens is 431 g/mol. The van der Waals surface area contributed by atoms with E-state index in [2.05, 4.69) is 20.2 Å². The molecule has 0 radical (unpaired) electrons. The molecule has 1 aliphatic rings. The summed E-state index contributed by atoms with van der Waals surface area (Å²) in [7, 11) is 0. The monoisotopic (exact) mass is 457 g/mol. The van der Waals surface area contributed by atoms with Gasteiger partial charge < -0.3 is 15.2 Å². The van der Waals surface area contributed by atoms with E-state index in [4.69, 9.17) is 0 Å². The summed E-state index contributed by atoms with van der Waals surface area (Å²) in [6.07, 6.45) is 0.540. The molecule has 0 spiro atoms. The second-order valence-electron chi connectivity index (χ2n) is 8.21. The van der Waals surface area contributed by atoms with Crippen molar-refractivity contribution in [3.8, 4) is 0 Å². The zero-order chi connectivity index (χ0) is 23.3. The Morgan fingerprint density at radius 1 is 1.12 bits per heavy atom. The minimum atomic E-state index is -4.47. The van der Waals surface area contributed by atoms with Gasteiger partial charge in [0.05, 0.1) is 11.9 Å². The van der Waals surface area contributed by atoms with Crippen LogP contribution in [0, 0.1) is 0 Å². The number of nitrogens with one attached hydrogen (secondary N) is 2. The van der Waals surface area contributed by atoms with E-state index in [1.165, 1.54) is 12.1 Å². The molecule has 1 saturated heterocycles. The molecule has 0 unspecified atom stereocenters. The van der Waals surface area contributed by atoms with E-state index in [0.717, 1.165) is 55.9 Å². The highest BCUT2D eigenvalue weighted by atomic mass is 19.4. The van der Waals surface area contributed by atoms with Crippen molar-refractivity contribution in [2.45, 2.75) is 38.1 Å². The van der Waals surface area contributed by atoms with Gasteiger partial charge in [0.2, 0.25) is 0 Å². The van der Waals surface area contributed by atoms with Crippen molar-refractivity contribution in [1.82, 2.24) is 19.8 Å². The minimum Gasteiger partial charge on any atom is -0.347 e. The van der Waals surface area contributed by atoms with Gasteiger partial charge in [-0.2, -0.15) is 13.2 Å². The number of piperidine rings is 1. The van der Waals surface area contributed by atoms with E-state index >= 15 is 0 Å². The number of hydrogen-bond acceptors (Lipinski definition) is 3. The SMILES string of the molecule is O=C(Nc1cccc(C(F)(F)F)c1)N(Cc1ccccc1)C1CCN(Cc2cnc[nH]2)CC1. The number of benzene rings is 2. The second-order valence-corrected chi connectivity index (χ2v) is 8.21. The third-order valence-corrected chi connectivity index (χ3v) is 5.84. The number of imidazole rings is 1. The van der Waals surface area contributed by atoms with E-state index in [0.29, 0.717) is 6.54 Å². The molecule has 0 bridgehead atoms. The average Bonchev–Trinajstić information content (AvgIpc) is 3.31. The van der Waals surface area contributed by atoms with Crippen LogP contribution < -0.4 is 5.32 Å². The number of alkyl halides is 3. The summed E-state index contributed by atoms with van der Waals surface area (Å²) in [6, 6.07) is 13.9. The first-order chi connectivity index (χ1) is 15.9. The molecule has 6 nitrogen and oxygen atoms in total. The Hall–Kier alpha value is -3.33. The number of urea groups is 1. The standard InChI is InChI=1S/C24H26F3N5O/c25-24(26,27)19-7-4-8-20(13-19)30-23(33)32(15-18-5-2-1-3-6-18)22-9-11-31(12-10-22)16-21-14-28-17-29-21/h1-8,13-14,17,22H,9-12,15-16H2,(H,28,29)(H,30,33). The van der Waals surface area contributed by atoms with Crippen LogP contribution in [0.2, 0.25) is 0 Å². The fourth-order valence-electron chi connectivity index (χ4n) is 4.12. The first-order valence-corrected chi connectivity index (χ1v) is 10.9. The number of likely N-dealkylation sites (tertiary alicyclic amines) is 1. The predicted molar refractivity (Wildman–Crippen MR) is 119 cm³/mol. The van der Waals surface area contributed by atoms with Gasteiger partial charge >= 0.3 is 12.2 Å². The summed E-state index contributed by atoms with van der Waals surface area (Å²) in [4.78, 5) is 24.4. The first kappa shape index (κ1) is 22.8. The van der Waals surface area contributed by atoms with E-state index in [9.17, 15) is 18.0 Å². The summed E-state index contributed by atoms with van der Waals surface area (Å²) in [6.45, 7) is 2.77. The van der Waals surface area contributed by atoms with Crippen LogP contribution in [0.1, 0.15) is 29.7 Å². The molecular formula is C24H26F3N5O. The van der Waals surface area contributed by atoms with E-state index < -0.39 is 17.8 Å². The largest absolute Gasteiger partial charge is 0.416 e. The molecule has 1 aromatic heterocycles.